The van der Waals surface area contributed by atoms with Crippen LogP contribution < -0.4 is 15.2 Å². The zero-order chi connectivity index (χ0) is 21.9. The smallest absolute Gasteiger partial charge is 0.191 e. The Labute approximate surface area is 177 Å². The van der Waals surface area contributed by atoms with Gasteiger partial charge in [0.05, 0.1) is 37.1 Å². The lowest BCUT2D eigenvalue weighted by atomic mass is 9.58. The Hall–Kier alpha value is -3.47. The monoisotopic (exact) mass is 403 g/mol. The zero-order valence-corrected chi connectivity index (χ0v) is 17.5. The molecule has 2 unspecified atom stereocenters. The highest BCUT2D eigenvalue weighted by Gasteiger charge is 2.54. The lowest BCUT2D eigenvalue weighted by Gasteiger charge is -2.45. The predicted molar refractivity (Wildman–Crippen MR) is 111 cm³/mol. The van der Waals surface area contributed by atoms with E-state index in [1.807, 2.05) is 32.2 Å². The van der Waals surface area contributed by atoms with Gasteiger partial charge in [0.2, 0.25) is 0 Å². The van der Waals surface area contributed by atoms with Crippen molar-refractivity contribution >= 4 is 0 Å². The Morgan fingerprint density at radius 3 is 2.57 bits per heavy atom. The van der Waals surface area contributed by atoms with Crippen molar-refractivity contribution in [3.63, 3.8) is 0 Å². The van der Waals surface area contributed by atoms with Crippen LogP contribution in [0, 0.1) is 45.3 Å². The molecule has 0 spiro atoms. The minimum atomic E-state index is -1.65. The van der Waals surface area contributed by atoms with E-state index in [1.165, 1.54) is 0 Å². The van der Waals surface area contributed by atoms with E-state index in [2.05, 4.69) is 23.1 Å². The summed E-state index contributed by atoms with van der Waals surface area (Å²) in [5.41, 5.74) is 6.52. The number of hydrogen-bond acceptors (Lipinski definition) is 7. The number of benzene rings is 1. The van der Waals surface area contributed by atoms with Crippen molar-refractivity contribution in [1.29, 1.82) is 15.8 Å². The number of allylic oxidation sites excluding steroid dienone is 2. The third kappa shape index (κ3) is 3.26. The molecule has 0 fully saturated rings. The van der Waals surface area contributed by atoms with Crippen molar-refractivity contribution in [3.8, 4) is 29.7 Å². The van der Waals surface area contributed by atoms with Crippen molar-refractivity contribution in [2.24, 2.45) is 17.1 Å². The molecule has 0 saturated heterocycles. The van der Waals surface area contributed by atoms with E-state index < -0.39 is 11.3 Å². The summed E-state index contributed by atoms with van der Waals surface area (Å²) in [6.45, 7) is 3.86. The second-order valence-corrected chi connectivity index (χ2v) is 7.66. The van der Waals surface area contributed by atoms with Crippen molar-refractivity contribution < 1.29 is 9.47 Å². The van der Waals surface area contributed by atoms with Crippen LogP contribution in [0.5, 0.6) is 11.5 Å². The van der Waals surface area contributed by atoms with Gasteiger partial charge in [0.25, 0.3) is 0 Å². The van der Waals surface area contributed by atoms with Gasteiger partial charge in [-0.1, -0.05) is 19.1 Å². The molecule has 0 amide bonds. The summed E-state index contributed by atoms with van der Waals surface area (Å²) in [5.74, 6) is 0.370. The maximum Gasteiger partial charge on any atom is 0.191 e. The number of methoxy groups -OCH3 is 1. The first-order chi connectivity index (χ1) is 14.5. The summed E-state index contributed by atoms with van der Waals surface area (Å²) in [6.07, 6.45) is 2.83. The molecule has 0 bridgehead atoms. The average Bonchev–Trinajstić information content (AvgIpc) is 2.77. The van der Waals surface area contributed by atoms with Crippen LogP contribution in [-0.2, 0) is 0 Å². The Morgan fingerprint density at radius 2 is 1.97 bits per heavy atom. The molecule has 7 nitrogen and oxygen atoms in total. The molecule has 154 valence electrons. The predicted octanol–water partition coefficient (Wildman–Crippen LogP) is 2.84. The van der Waals surface area contributed by atoms with Crippen LogP contribution in [-0.4, -0.2) is 38.8 Å². The summed E-state index contributed by atoms with van der Waals surface area (Å²) >= 11 is 0. The van der Waals surface area contributed by atoms with Gasteiger partial charge in [0.15, 0.2) is 16.9 Å². The highest BCUT2D eigenvalue weighted by Crippen LogP contribution is 2.54. The molecular formula is C23H25N5O2. The molecule has 30 heavy (non-hydrogen) atoms. The van der Waals surface area contributed by atoms with Crippen molar-refractivity contribution in [2.45, 2.75) is 19.3 Å². The van der Waals surface area contributed by atoms with Crippen LogP contribution in [0.25, 0.3) is 0 Å². The van der Waals surface area contributed by atoms with Gasteiger partial charge in [0, 0.05) is 24.9 Å². The molecule has 2 atom stereocenters. The number of ether oxygens (including phenoxy) is 2. The van der Waals surface area contributed by atoms with Crippen LogP contribution in [0.15, 0.2) is 41.1 Å². The van der Waals surface area contributed by atoms with Crippen molar-refractivity contribution in [2.75, 3.05) is 33.9 Å². The lowest BCUT2D eigenvalue weighted by molar-refractivity contribution is 0.237. The second kappa shape index (κ2) is 8.49. The number of fused-ring (bicyclic) bond motifs is 1. The highest BCUT2D eigenvalue weighted by molar-refractivity contribution is 5.60. The van der Waals surface area contributed by atoms with Crippen molar-refractivity contribution in [3.05, 3.63) is 46.7 Å². The zero-order valence-electron chi connectivity index (χ0n) is 17.5. The number of nitrogens with zero attached hydrogens (tertiary/aromatic N) is 4. The Morgan fingerprint density at radius 1 is 1.23 bits per heavy atom. The van der Waals surface area contributed by atoms with Gasteiger partial charge in [-0.15, -0.1) is 0 Å². The SMILES string of the molecule is CCCOc1ccc(C2C3CN(C)CC=C3C(C#N)=C(N)C2(C#N)C#N)cc1OC. The first kappa shape index (κ1) is 21.2. The molecule has 1 aliphatic carbocycles. The largest absolute Gasteiger partial charge is 0.493 e. The molecule has 0 aromatic heterocycles. The summed E-state index contributed by atoms with van der Waals surface area (Å²) in [4.78, 5) is 2.10. The molecular weight excluding hydrogens is 378 g/mol. The van der Waals surface area contributed by atoms with E-state index >= 15 is 0 Å². The molecule has 1 aromatic carbocycles. The number of nitrogens with two attached hydrogens (primary N) is 1. The van der Waals surface area contributed by atoms with Gasteiger partial charge >= 0.3 is 0 Å². The normalized spacial score (nSPS) is 22.7. The third-order valence-electron chi connectivity index (χ3n) is 5.86. The van der Waals surface area contributed by atoms with Crippen LogP contribution in [0.1, 0.15) is 24.8 Å². The van der Waals surface area contributed by atoms with Gasteiger partial charge in [-0.05, 0) is 36.7 Å². The van der Waals surface area contributed by atoms with E-state index in [-0.39, 0.29) is 17.2 Å². The number of likely N-dealkylation sites (N-methyl/N-ethyl adjacent to an activating group) is 1. The molecule has 2 aliphatic rings. The summed E-state index contributed by atoms with van der Waals surface area (Å²) in [7, 11) is 3.53. The Kier molecular flexibility index (Phi) is 6.01. The van der Waals surface area contributed by atoms with Crippen LogP contribution in [0.2, 0.25) is 0 Å². The molecule has 1 heterocycles. The number of hydrogen-bond donors (Lipinski definition) is 1. The maximum atomic E-state index is 10.1. The minimum Gasteiger partial charge on any atom is -0.493 e. The van der Waals surface area contributed by atoms with Gasteiger partial charge in [-0.3, -0.25) is 0 Å². The maximum absolute atomic E-state index is 10.1. The summed E-state index contributed by atoms with van der Waals surface area (Å²) < 4.78 is 11.3. The Bertz CT molecular complexity index is 1010. The Balaban J connectivity index is 2.23. The van der Waals surface area contributed by atoms with Gasteiger partial charge < -0.3 is 20.1 Å². The molecule has 0 radical (unpaired) electrons. The second-order valence-electron chi connectivity index (χ2n) is 7.66. The minimum absolute atomic E-state index is 0.0253. The van der Waals surface area contributed by atoms with Crippen LogP contribution in [0.3, 0.4) is 0 Å². The highest BCUT2D eigenvalue weighted by atomic mass is 16.5. The van der Waals surface area contributed by atoms with E-state index in [0.29, 0.717) is 31.2 Å². The fourth-order valence-electron chi connectivity index (χ4n) is 4.41. The molecule has 1 aromatic rings. The average molecular weight is 403 g/mol. The first-order valence-electron chi connectivity index (χ1n) is 9.89. The van der Waals surface area contributed by atoms with Gasteiger partial charge in [-0.2, -0.15) is 15.8 Å². The van der Waals surface area contributed by atoms with Crippen LogP contribution in [0.4, 0.5) is 0 Å². The molecule has 2 N–H and O–H groups in total. The van der Waals surface area contributed by atoms with Crippen molar-refractivity contribution in [1.82, 2.24) is 4.90 Å². The molecule has 3 rings (SSSR count). The van der Waals surface area contributed by atoms with Gasteiger partial charge in [0.1, 0.15) is 6.07 Å². The van der Waals surface area contributed by atoms with Crippen LogP contribution >= 0.6 is 0 Å². The van der Waals surface area contributed by atoms with E-state index in [9.17, 15) is 15.8 Å². The lowest BCUT2D eigenvalue weighted by Crippen LogP contribution is -2.47. The topological polar surface area (TPSA) is 119 Å². The quantitative estimate of drug-likeness (QED) is 0.803. The van der Waals surface area contributed by atoms with E-state index in [4.69, 9.17) is 15.2 Å². The van der Waals surface area contributed by atoms with Gasteiger partial charge in [-0.25, -0.2) is 0 Å². The fraction of sp³-hybridized carbons (Fsp3) is 0.435. The summed E-state index contributed by atoms with van der Waals surface area (Å²) in [6, 6.07) is 11.9. The number of nitriles is 3. The molecule has 0 saturated carbocycles. The fourth-order valence-corrected chi connectivity index (χ4v) is 4.41. The number of rotatable bonds is 5. The third-order valence-corrected chi connectivity index (χ3v) is 5.86. The molecule has 7 heteroatoms. The van der Waals surface area contributed by atoms with E-state index in [0.717, 1.165) is 17.6 Å². The summed E-state index contributed by atoms with van der Waals surface area (Å²) in [5, 5.41) is 30.0. The first-order valence-corrected chi connectivity index (χ1v) is 9.89. The molecule has 1 aliphatic heterocycles. The standard InChI is InChI=1S/C23H25N5O2/c1-4-9-30-19-6-5-15(10-20(19)29-3)21-18-12-28(2)8-7-16(18)17(11-24)22(27)23(21,13-25)14-26/h5-7,10,18,21H,4,8-9,12,27H2,1-3H3. The van der Waals surface area contributed by atoms with E-state index in [1.54, 1.807) is 13.2 Å².